The smallest absolute Gasteiger partial charge is 0.242 e. The van der Waals surface area contributed by atoms with Crippen molar-refractivity contribution in [2.75, 3.05) is 19.8 Å². The molecule has 0 aromatic heterocycles. The van der Waals surface area contributed by atoms with Crippen LogP contribution in [0.15, 0.2) is 23.1 Å². The molecule has 0 radical (unpaired) electrons. The molecule has 2 rings (SSSR count). The van der Waals surface area contributed by atoms with E-state index in [2.05, 4.69) is 4.72 Å². The molecule has 0 saturated carbocycles. The lowest BCUT2D eigenvalue weighted by Gasteiger charge is -2.10. The van der Waals surface area contributed by atoms with E-state index < -0.39 is 10.0 Å². The van der Waals surface area contributed by atoms with Gasteiger partial charge in [-0.2, -0.15) is 5.26 Å². The predicted octanol–water partition coefficient (Wildman–Crippen LogP) is 1.92. The van der Waals surface area contributed by atoms with Crippen molar-refractivity contribution in [1.29, 1.82) is 5.26 Å². The zero-order chi connectivity index (χ0) is 14.6. The molecule has 1 saturated heterocycles. The van der Waals surface area contributed by atoms with E-state index in [4.69, 9.17) is 21.6 Å². The molecule has 1 aliphatic rings. The van der Waals surface area contributed by atoms with E-state index in [1.807, 2.05) is 6.07 Å². The number of benzene rings is 1. The molecule has 108 valence electrons. The van der Waals surface area contributed by atoms with Gasteiger partial charge in [-0.15, -0.1) is 0 Å². The molecular weight excluding hydrogens is 300 g/mol. The minimum atomic E-state index is -3.69. The summed E-state index contributed by atoms with van der Waals surface area (Å²) in [6.45, 7) is 1.77. The van der Waals surface area contributed by atoms with Crippen LogP contribution >= 0.6 is 11.6 Å². The number of nitriles is 1. The quantitative estimate of drug-likeness (QED) is 0.900. The molecule has 20 heavy (non-hydrogen) atoms. The minimum absolute atomic E-state index is 0.0547. The normalized spacial score (nSPS) is 18.9. The van der Waals surface area contributed by atoms with Gasteiger partial charge in [-0.1, -0.05) is 11.6 Å². The molecule has 1 aromatic rings. The maximum Gasteiger partial charge on any atom is 0.242 e. The molecule has 1 fully saturated rings. The standard InChI is InChI=1S/C13H15ClN2O3S/c14-12-2-1-11(8-15)7-13(12)20(17,18)16-5-3-10-4-6-19-9-10/h1-2,7,10,16H,3-6,9H2. The Morgan fingerprint density at radius 3 is 2.95 bits per heavy atom. The Hall–Kier alpha value is -1.13. The number of sulfonamides is 1. The van der Waals surface area contributed by atoms with Crippen molar-refractivity contribution in [2.24, 2.45) is 5.92 Å². The van der Waals surface area contributed by atoms with Gasteiger partial charge in [-0.25, -0.2) is 13.1 Å². The molecule has 1 aliphatic heterocycles. The van der Waals surface area contributed by atoms with E-state index in [-0.39, 0.29) is 15.5 Å². The van der Waals surface area contributed by atoms with Crippen molar-refractivity contribution in [3.8, 4) is 6.07 Å². The Kier molecular flexibility index (Phi) is 5.00. The predicted molar refractivity (Wildman–Crippen MR) is 74.9 cm³/mol. The highest BCUT2D eigenvalue weighted by atomic mass is 35.5. The van der Waals surface area contributed by atoms with E-state index in [0.717, 1.165) is 19.4 Å². The summed E-state index contributed by atoms with van der Waals surface area (Å²) >= 11 is 5.90. The Morgan fingerprint density at radius 2 is 2.30 bits per heavy atom. The van der Waals surface area contributed by atoms with Gasteiger partial charge in [0.1, 0.15) is 4.90 Å². The van der Waals surface area contributed by atoms with Gasteiger partial charge in [-0.3, -0.25) is 0 Å². The highest BCUT2D eigenvalue weighted by Crippen LogP contribution is 2.22. The van der Waals surface area contributed by atoms with Crippen LogP contribution < -0.4 is 4.72 Å². The monoisotopic (exact) mass is 314 g/mol. The zero-order valence-electron chi connectivity index (χ0n) is 10.8. The van der Waals surface area contributed by atoms with Crippen molar-refractivity contribution < 1.29 is 13.2 Å². The molecule has 5 nitrogen and oxygen atoms in total. The molecule has 1 atom stereocenters. The summed E-state index contributed by atoms with van der Waals surface area (Å²) in [4.78, 5) is -0.0547. The summed E-state index contributed by atoms with van der Waals surface area (Å²) in [6, 6.07) is 6.08. The topological polar surface area (TPSA) is 79.2 Å². The van der Waals surface area contributed by atoms with Crippen LogP contribution in [0.1, 0.15) is 18.4 Å². The second-order valence-corrected chi connectivity index (χ2v) is 6.82. The van der Waals surface area contributed by atoms with Gasteiger partial charge >= 0.3 is 0 Å². The van der Waals surface area contributed by atoms with Crippen LogP contribution in [0.4, 0.5) is 0 Å². The van der Waals surface area contributed by atoms with Gasteiger partial charge in [0.2, 0.25) is 10.0 Å². The highest BCUT2D eigenvalue weighted by Gasteiger charge is 2.20. The van der Waals surface area contributed by atoms with E-state index in [0.29, 0.717) is 19.1 Å². The summed E-state index contributed by atoms with van der Waals surface area (Å²) in [7, 11) is -3.69. The van der Waals surface area contributed by atoms with Crippen molar-refractivity contribution in [3.63, 3.8) is 0 Å². The third-order valence-corrected chi connectivity index (χ3v) is 5.16. The Bertz CT molecular complexity index is 619. The van der Waals surface area contributed by atoms with Gasteiger partial charge in [-0.05, 0) is 37.0 Å². The zero-order valence-corrected chi connectivity index (χ0v) is 12.4. The Morgan fingerprint density at radius 1 is 1.50 bits per heavy atom. The maximum absolute atomic E-state index is 12.2. The number of ether oxygens (including phenoxy) is 1. The third kappa shape index (κ3) is 3.70. The van der Waals surface area contributed by atoms with Gasteiger partial charge in [0.15, 0.2) is 0 Å². The van der Waals surface area contributed by atoms with Gasteiger partial charge in [0.05, 0.1) is 16.7 Å². The van der Waals surface area contributed by atoms with E-state index in [9.17, 15) is 8.42 Å². The third-order valence-electron chi connectivity index (χ3n) is 3.22. The maximum atomic E-state index is 12.2. The first-order valence-electron chi connectivity index (χ1n) is 6.30. The lowest BCUT2D eigenvalue weighted by molar-refractivity contribution is 0.184. The van der Waals surface area contributed by atoms with Crippen molar-refractivity contribution in [1.82, 2.24) is 4.72 Å². The average molecular weight is 315 g/mol. The molecule has 0 amide bonds. The van der Waals surface area contributed by atoms with Crippen molar-refractivity contribution in [3.05, 3.63) is 28.8 Å². The molecule has 7 heteroatoms. The molecular formula is C13H15ClN2O3S. The first-order valence-corrected chi connectivity index (χ1v) is 8.16. The first kappa shape index (κ1) is 15.3. The SMILES string of the molecule is N#Cc1ccc(Cl)c(S(=O)(=O)NCCC2CCOC2)c1. The van der Waals surface area contributed by atoms with Gasteiger partial charge in [0.25, 0.3) is 0 Å². The van der Waals surface area contributed by atoms with E-state index >= 15 is 0 Å². The molecule has 0 aliphatic carbocycles. The van der Waals surface area contributed by atoms with Crippen LogP contribution in [-0.4, -0.2) is 28.2 Å². The van der Waals surface area contributed by atoms with Gasteiger partial charge < -0.3 is 4.74 Å². The van der Waals surface area contributed by atoms with Crippen molar-refractivity contribution in [2.45, 2.75) is 17.7 Å². The summed E-state index contributed by atoms with van der Waals surface area (Å²) in [6.07, 6.45) is 1.70. The van der Waals surface area contributed by atoms with Crippen LogP contribution in [0, 0.1) is 17.2 Å². The fourth-order valence-electron chi connectivity index (χ4n) is 2.07. The van der Waals surface area contributed by atoms with E-state index in [1.165, 1.54) is 18.2 Å². The number of hydrogen-bond donors (Lipinski definition) is 1. The molecule has 1 heterocycles. The van der Waals surface area contributed by atoms with Crippen molar-refractivity contribution >= 4 is 21.6 Å². The second kappa shape index (κ2) is 6.55. The summed E-state index contributed by atoms with van der Waals surface area (Å²) in [5, 5.41) is 8.93. The van der Waals surface area contributed by atoms with E-state index in [1.54, 1.807) is 0 Å². The second-order valence-electron chi connectivity index (χ2n) is 4.67. The summed E-state index contributed by atoms with van der Waals surface area (Å²) in [5.41, 5.74) is 0.263. The fourth-order valence-corrected chi connectivity index (χ4v) is 3.64. The van der Waals surface area contributed by atoms with Crippen LogP contribution in [0.2, 0.25) is 5.02 Å². The molecule has 1 unspecified atom stereocenters. The lowest BCUT2D eigenvalue weighted by atomic mass is 10.1. The highest BCUT2D eigenvalue weighted by molar-refractivity contribution is 7.89. The Labute approximate surface area is 123 Å². The molecule has 1 N–H and O–H groups in total. The molecule has 1 aromatic carbocycles. The van der Waals surface area contributed by atoms with Crippen LogP contribution in [0.3, 0.4) is 0 Å². The molecule has 0 spiro atoms. The number of nitrogens with zero attached hydrogens (tertiary/aromatic N) is 1. The number of halogens is 1. The largest absolute Gasteiger partial charge is 0.381 e. The first-order chi connectivity index (χ1) is 9.53. The summed E-state index contributed by atoms with van der Waals surface area (Å²) in [5.74, 6) is 0.401. The number of nitrogens with one attached hydrogen (secondary N) is 1. The number of rotatable bonds is 5. The number of hydrogen-bond acceptors (Lipinski definition) is 4. The minimum Gasteiger partial charge on any atom is -0.381 e. The summed E-state index contributed by atoms with van der Waals surface area (Å²) < 4.78 is 32.1. The Balaban J connectivity index is 2.04. The molecule has 0 bridgehead atoms. The van der Waals surface area contributed by atoms with Crippen LogP contribution in [0.25, 0.3) is 0 Å². The van der Waals surface area contributed by atoms with Crippen LogP contribution in [-0.2, 0) is 14.8 Å². The lowest BCUT2D eigenvalue weighted by Crippen LogP contribution is -2.26. The van der Waals surface area contributed by atoms with Crippen LogP contribution in [0.5, 0.6) is 0 Å². The van der Waals surface area contributed by atoms with Gasteiger partial charge in [0, 0.05) is 19.8 Å². The average Bonchev–Trinajstić information content (AvgIpc) is 2.92. The fraction of sp³-hybridized carbons (Fsp3) is 0.462.